The van der Waals surface area contributed by atoms with Gasteiger partial charge in [0.25, 0.3) is 0 Å². The molecule has 0 aliphatic carbocycles. The third kappa shape index (κ3) is 4.73. The summed E-state index contributed by atoms with van der Waals surface area (Å²) < 4.78 is 0. The molecular formula is C10H23NO. The van der Waals surface area contributed by atoms with Crippen LogP contribution in [0.15, 0.2) is 0 Å². The fourth-order valence-electron chi connectivity index (χ4n) is 1.36. The standard InChI is InChI=1S/C10H23NO/c1-5-9(6-2)10(12)7-11-8(3)4/h8-12H,5-7H2,1-4H3. The lowest BCUT2D eigenvalue weighted by molar-refractivity contribution is 0.0994. The van der Waals surface area contributed by atoms with Gasteiger partial charge in [0, 0.05) is 12.6 Å². The van der Waals surface area contributed by atoms with Gasteiger partial charge in [-0.3, -0.25) is 0 Å². The summed E-state index contributed by atoms with van der Waals surface area (Å²) in [7, 11) is 0. The largest absolute Gasteiger partial charge is 0.392 e. The molecule has 0 fully saturated rings. The Bertz CT molecular complexity index is 100. The Labute approximate surface area is 76.4 Å². The zero-order valence-electron chi connectivity index (χ0n) is 8.80. The third-order valence-electron chi connectivity index (χ3n) is 2.33. The van der Waals surface area contributed by atoms with Gasteiger partial charge in [0.2, 0.25) is 0 Å². The minimum atomic E-state index is -0.178. The summed E-state index contributed by atoms with van der Waals surface area (Å²) in [5, 5.41) is 12.9. The van der Waals surface area contributed by atoms with E-state index >= 15 is 0 Å². The predicted octanol–water partition coefficient (Wildman–Crippen LogP) is 1.78. The zero-order valence-corrected chi connectivity index (χ0v) is 8.80. The maximum atomic E-state index is 9.70. The minimum Gasteiger partial charge on any atom is -0.392 e. The molecule has 0 aromatic rings. The summed E-state index contributed by atoms with van der Waals surface area (Å²) >= 11 is 0. The Hall–Kier alpha value is -0.0800. The van der Waals surface area contributed by atoms with Crippen LogP contribution in [0.25, 0.3) is 0 Å². The molecular weight excluding hydrogens is 150 g/mol. The number of hydrogen-bond acceptors (Lipinski definition) is 2. The number of aliphatic hydroxyl groups excluding tert-OH is 1. The first-order valence-corrected chi connectivity index (χ1v) is 5.03. The SMILES string of the molecule is CCC(CC)C(O)CNC(C)C. The van der Waals surface area contributed by atoms with E-state index in [0.29, 0.717) is 12.0 Å². The van der Waals surface area contributed by atoms with E-state index in [4.69, 9.17) is 0 Å². The summed E-state index contributed by atoms with van der Waals surface area (Å²) in [6, 6.07) is 0.467. The van der Waals surface area contributed by atoms with Crippen LogP contribution in [0, 0.1) is 5.92 Å². The fourth-order valence-corrected chi connectivity index (χ4v) is 1.36. The van der Waals surface area contributed by atoms with Crippen molar-refractivity contribution in [2.24, 2.45) is 5.92 Å². The summed E-state index contributed by atoms with van der Waals surface area (Å²) in [4.78, 5) is 0. The van der Waals surface area contributed by atoms with Crippen molar-refractivity contribution < 1.29 is 5.11 Å². The van der Waals surface area contributed by atoms with Gasteiger partial charge in [-0.25, -0.2) is 0 Å². The highest BCUT2D eigenvalue weighted by molar-refractivity contribution is 4.69. The minimum absolute atomic E-state index is 0.178. The van der Waals surface area contributed by atoms with Crippen molar-refractivity contribution in [3.05, 3.63) is 0 Å². The van der Waals surface area contributed by atoms with E-state index in [9.17, 15) is 5.11 Å². The number of aliphatic hydroxyl groups is 1. The molecule has 2 heteroatoms. The molecule has 1 unspecified atom stereocenters. The topological polar surface area (TPSA) is 32.3 Å². The number of hydrogen-bond donors (Lipinski definition) is 2. The van der Waals surface area contributed by atoms with E-state index < -0.39 is 0 Å². The molecule has 12 heavy (non-hydrogen) atoms. The third-order valence-corrected chi connectivity index (χ3v) is 2.33. The lowest BCUT2D eigenvalue weighted by Crippen LogP contribution is -2.35. The van der Waals surface area contributed by atoms with Crippen molar-refractivity contribution in [3.8, 4) is 0 Å². The van der Waals surface area contributed by atoms with Crippen LogP contribution in [-0.2, 0) is 0 Å². The van der Waals surface area contributed by atoms with Gasteiger partial charge in [0.15, 0.2) is 0 Å². The Morgan fingerprint density at radius 3 is 2.00 bits per heavy atom. The quantitative estimate of drug-likeness (QED) is 0.641. The van der Waals surface area contributed by atoms with Crippen LogP contribution < -0.4 is 5.32 Å². The van der Waals surface area contributed by atoms with Crippen LogP contribution >= 0.6 is 0 Å². The maximum Gasteiger partial charge on any atom is 0.0692 e. The van der Waals surface area contributed by atoms with Crippen LogP contribution in [0.4, 0.5) is 0 Å². The van der Waals surface area contributed by atoms with Crippen molar-refractivity contribution >= 4 is 0 Å². The first-order valence-electron chi connectivity index (χ1n) is 5.03. The molecule has 1 atom stereocenters. The van der Waals surface area contributed by atoms with Crippen molar-refractivity contribution in [2.45, 2.75) is 52.7 Å². The molecule has 0 heterocycles. The first-order chi connectivity index (χ1) is 5.61. The molecule has 2 N–H and O–H groups in total. The zero-order chi connectivity index (χ0) is 9.56. The van der Waals surface area contributed by atoms with E-state index in [-0.39, 0.29) is 6.10 Å². The van der Waals surface area contributed by atoms with Gasteiger partial charge in [-0.15, -0.1) is 0 Å². The lowest BCUT2D eigenvalue weighted by Gasteiger charge is -2.21. The Morgan fingerprint density at radius 2 is 1.67 bits per heavy atom. The first kappa shape index (κ1) is 11.9. The van der Waals surface area contributed by atoms with Gasteiger partial charge < -0.3 is 10.4 Å². The molecule has 0 radical (unpaired) electrons. The molecule has 0 saturated heterocycles. The molecule has 74 valence electrons. The van der Waals surface area contributed by atoms with Gasteiger partial charge in [-0.05, 0) is 5.92 Å². The summed E-state index contributed by atoms with van der Waals surface area (Å²) in [5.41, 5.74) is 0. The normalized spacial score (nSPS) is 14.2. The van der Waals surface area contributed by atoms with E-state index in [1.54, 1.807) is 0 Å². The summed E-state index contributed by atoms with van der Waals surface area (Å²) in [6.07, 6.45) is 1.96. The fraction of sp³-hybridized carbons (Fsp3) is 1.00. The average molecular weight is 173 g/mol. The van der Waals surface area contributed by atoms with Gasteiger partial charge in [-0.1, -0.05) is 40.5 Å². The highest BCUT2D eigenvalue weighted by Crippen LogP contribution is 2.12. The smallest absolute Gasteiger partial charge is 0.0692 e. The second-order valence-electron chi connectivity index (χ2n) is 3.71. The van der Waals surface area contributed by atoms with Gasteiger partial charge >= 0.3 is 0 Å². The lowest BCUT2D eigenvalue weighted by atomic mass is 9.96. The maximum absolute atomic E-state index is 9.70. The average Bonchev–Trinajstić information content (AvgIpc) is 2.03. The molecule has 0 bridgehead atoms. The Balaban J connectivity index is 3.61. The van der Waals surface area contributed by atoms with Crippen LogP contribution in [0.2, 0.25) is 0 Å². The summed E-state index contributed by atoms with van der Waals surface area (Å²) in [6.45, 7) is 9.18. The number of nitrogens with one attached hydrogen (secondary N) is 1. The van der Waals surface area contributed by atoms with E-state index in [1.165, 1.54) is 0 Å². The molecule has 0 spiro atoms. The van der Waals surface area contributed by atoms with Crippen LogP contribution in [0.5, 0.6) is 0 Å². The van der Waals surface area contributed by atoms with Crippen molar-refractivity contribution in [3.63, 3.8) is 0 Å². The van der Waals surface area contributed by atoms with E-state index in [2.05, 4.69) is 33.0 Å². The Morgan fingerprint density at radius 1 is 1.17 bits per heavy atom. The molecule has 0 aliphatic heterocycles. The van der Waals surface area contributed by atoms with Gasteiger partial charge in [-0.2, -0.15) is 0 Å². The predicted molar refractivity (Wildman–Crippen MR) is 53.2 cm³/mol. The molecule has 2 nitrogen and oxygen atoms in total. The van der Waals surface area contributed by atoms with Crippen molar-refractivity contribution in [1.82, 2.24) is 5.32 Å². The Kier molecular flexibility index (Phi) is 6.39. The van der Waals surface area contributed by atoms with Crippen LogP contribution in [0.1, 0.15) is 40.5 Å². The van der Waals surface area contributed by atoms with Gasteiger partial charge in [0.05, 0.1) is 6.10 Å². The van der Waals surface area contributed by atoms with Crippen LogP contribution in [0.3, 0.4) is 0 Å². The highest BCUT2D eigenvalue weighted by Gasteiger charge is 2.14. The number of rotatable bonds is 6. The van der Waals surface area contributed by atoms with Crippen LogP contribution in [-0.4, -0.2) is 23.8 Å². The van der Waals surface area contributed by atoms with E-state index in [0.717, 1.165) is 19.4 Å². The second kappa shape index (κ2) is 6.44. The molecule has 0 aliphatic rings. The molecule has 0 aromatic carbocycles. The van der Waals surface area contributed by atoms with E-state index in [1.807, 2.05) is 0 Å². The highest BCUT2D eigenvalue weighted by atomic mass is 16.3. The van der Waals surface area contributed by atoms with Crippen molar-refractivity contribution in [1.29, 1.82) is 0 Å². The molecule has 0 saturated carbocycles. The second-order valence-corrected chi connectivity index (χ2v) is 3.71. The molecule has 0 aromatic heterocycles. The summed E-state index contributed by atoms with van der Waals surface area (Å²) in [5.74, 6) is 0.455. The monoisotopic (exact) mass is 173 g/mol. The van der Waals surface area contributed by atoms with Crippen molar-refractivity contribution in [2.75, 3.05) is 6.54 Å². The molecule has 0 rings (SSSR count). The van der Waals surface area contributed by atoms with Gasteiger partial charge in [0.1, 0.15) is 0 Å². The molecule has 0 amide bonds.